The van der Waals surface area contributed by atoms with E-state index >= 15 is 0 Å². The number of nitrogens with zero attached hydrogens (tertiary/aromatic N) is 3. The van der Waals surface area contributed by atoms with Crippen LogP contribution in [0.25, 0.3) is 0 Å². The van der Waals surface area contributed by atoms with Crippen LogP contribution >= 0.6 is 0 Å². The molecule has 2 aliphatic heterocycles. The fraction of sp³-hybridized carbons (Fsp3) is 0.722. The van der Waals surface area contributed by atoms with E-state index in [1.165, 1.54) is 12.3 Å². The summed E-state index contributed by atoms with van der Waals surface area (Å²) in [5.74, 6) is -0.118. The van der Waals surface area contributed by atoms with Gasteiger partial charge in [-0.15, -0.1) is 0 Å². The number of rotatable bonds is 4. The summed E-state index contributed by atoms with van der Waals surface area (Å²) in [5, 5.41) is 39.4. The number of aliphatic hydroxyl groups is 4. The van der Waals surface area contributed by atoms with Gasteiger partial charge in [-0.25, -0.2) is 4.98 Å². The smallest absolute Gasteiger partial charge is 0.395 e. The SMILES string of the molecule is OCC1C(O)C(O)C(O)CN1C[C@H]1CCCN(c2ncccc2C(F)(F)F)C1. The molecule has 0 aliphatic carbocycles. The molecular formula is C18H26F3N3O4. The summed E-state index contributed by atoms with van der Waals surface area (Å²) in [6.07, 6.45) is -5.46. The highest BCUT2D eigenvalue weighted by atomic mass is 19.4. The molecule has 0 amide bonds. The molecule has 7 nitrogen and oxygen atoms in total. The van der Waals surface area contributed by atoms with Crippen molar-refractivity contribution in [1.29, 1.82) is 0 Å². The Morgan fingerprint density at radius 1 is 1.14 bits per heavy atom. The van der Waals surface area contributed by atoms with Crippen LogP contribution in [0.2, 0.25) is 0 Å². The topological polar surface area (TPSA) is 100 Å². The predicted molar refractivity (Wildman–Crippen MR) is 94.6 cm³/mol. The molecule has 28 heavy (non-hydrogen) atoms. The minimum Gasteiger partial charge on any atom is -0.395 e. The number of pyridine rings is 1. The first-order valence-corrected chi connectivity index (χ1v) is 9.38. The highest BCUT2D eigenvalue weighted by Crippen LogP contribution is 2.36. The Bertz CT molecular complexity index is 663. The molecule has 4 unspecified atom stereocenters. The number of alkyl halides is 3. The van der Waals surface area contributed by atoms with Crippen molar-refractivity contribution in [1.82, 2.24) is 9.88 Å². The number of hydrogen-bond donors (Lipinski definition) is 4. The lowest BCUT2D eigenvalue weighted by molar-refractivity contribution is -0.147. The molecule has 1 aromatic heterocycles. The average Bonchev–Trinajstić information content (AvgIpc) is 2.66. The van der Waals surface area contributed by atoms with Crippen LogP contribution in [-0.2, 0) is 6.18 Å². The lowest BCUT2D eigenvalue weighted by atomic mass is 9.91. The summed E-state index contributed by atoms with van der Waals surface area (Å²) < 4.78 is 39.9. The Balaban J connectivity index is 1.72. The van der Waals surface area contributed by atoms with E-state index in [-0.39, 0.29) is 24.9 Å². The summed E-state index contributed by atoms with van der Waals surface area (Å²) in [5.41, 5.74) is -0.768. The van der Waals surface area contributed by atoms with E-state index < -0.39 is 36.1 Å². The van der Waals surface area contributed by atoms with Gasteiger partial charge in [-0.3, -0.25) is 4.90 Å². The predicted octanol–water partition coefficient (Wildman–Crippen LogP) is 0.0760. The van der Waals surface area contributed by atoms with Gasteiger partial charge in [0.05, 0.1) is 24.3 Å². The summed E-state index contributed by atoms with van der Waals surface area (Å²) in [4.78, 5) is 7.28. The van der Waals surface area contributed by atoms with Crippen molar-refractivity contribution in [2.24, 2.45) is 5.92 Å². The maximum atomic E-state index is 13.3. The second-order valence-electron chi connectivity index (χ2n) is 7.58. The van der Waals surface area contributed by atoms with Gasteiger partial charge in [0.1, 0.15) is 18.0 Å². The first kappa shape index (κ1) is 21.3. The molecule has 5 atom stereocenters. The van der Waals surface area contributed by atoms with E-state index in [0.29, 0.717) is 26.1 Å². The van der Waals surface area contributed by atoms with Crippen LogP contribution in [0.4, 0.5) is 19.0 Å². The highest BCUT2D eigenvalue weighted by Gasteiger charge is 2.42. The maximum absolute atomic E-state index is 13.3. The fourth-order valence-electron chi connectivity index (χ4n) is 4.20. The number of aromatic nitrogens is 1. The number of β-amino-alcohol motifs (C(OH)–C–C–N with tert-alkyl or cyclic N) is 1. The molecule has 10 heteroatoms. The van der Waals surface area contributed by atoms with Crippen molar-refractivity contribution in [3.63, 3.8) is 0 Å². The second-order valence-corrected chi connectivity index (χ2v) is 7.58. The zero-order valence-electron chi connectivity index (χ0n) is 15.3. The number of halogens is 3. The first-order chi connectivity index (χ1) is 13.2. The number of anilines is 1. The molecule has 0 bridgehead atoms. The average molecular weight is 405 g/mol. The summed E-state index contributed by atoms with van der Waals surface area (Å²) in [6.45, 7) is 0.890. The summed E-state index contributed by atoms with van der Waals surface area (Å²) in [7, 11) is 0. The van der Waals surface area contributed by atoms with Crippen LogP contribution in [0.3, 0.4) is 0 Å². The van der Waals surface area contributed by atoms with E-state index in [2.05, 4.69) is 4.98 Å². The van der Waals surface area contributed by atoms with E-state index in [1.54, 1.807) is 9.80 Å². The van der Waals surface area contributed by atoms with Crippen LogP contribution in [0.15, 0.2) is 18.3 Å². The van der Waals surface area contributed by atoms with E-state index in [0.717, 1.165) is 12.5 Å². The third kappa shape index (κ3) is 4.41. The van der Waals surface area contributed by atoms with Gasteiger partial charge >= 0.3 is 6.18 Å². The number of likely N-dealkylation sites (tertiary alicyclic amines) is 1. The number of aliphatic hydroxyl groups excluding tert-OH is 4. The maximum Gasteiger partial charge on any atom is 0.419 e. The summed E-state index contributed by atoms with van der Waals surface area (Å²) >= 11 is 0. The Morgan fingerprint density at radius 2 is 1.89 bits per heavy atom. The second kappa shape index (κ2) is 8.50. The van der Waals surface area contributed by atoms with Crippen LogP contribution in [-0.4, -0.2) is 87.4 Å². The zero-order valence-corrected chi connectivity index (χ0v) is 15.3. The Labute approximate surface area is 161 Å². The van der Waals surface area contributed by atoms with Gasteiger partial charge in [-0.1, -0.05) is 0 Å². The van der Waals surface area contributed by atoms with E-state index in [9.17, 15) is 33.6 Å². The van der Waals surface area contributed by atoms with Crippen molar-refractivity contribution >= 4 is 5.82 Å². The standard InChI is InChI=1S/C18H26F3N3O4/c19-18(20,21)12-4-1-5-22-17(12)23-6-2-3-11(7-23)8-24-9-14(26)16(28)15(27)13(24)10-25/h1,4-5,11,13-16,25-28H,2-3,6-10H2/t11-,13?,14?,15?,16?/m0/s1. The van der Waals surface area contributed by atoms with E-state index in [1.807, 2.05) is 0 Å². The first-order valence-electron chi connectivity index (χ1n) is 9.38. The Kier molecular flexibility index (Phi) is 6.45. The van der Waals surface area contributed by atoms with Gasteiger partial charge in [0, 0.05) is 32.4 Å². The molecule has 2 saturated heterocycles. The van der Waals surface area contributed by atoms with Crippen molar-refractivity contribution < 1.29 is 33.6 Å². The molecule has 158 valence electrons. The van der Waals surface area contributed by atoms with Gasteiger partial charge in [0.15, 0.2) is 0 Å². The van der Waals surface area contributed by atoms with Gasteiger partial charge in [-0.05, 0) is 30.9 Å². The van der Waals surface area contributed by atoms with E-state index in [4.69, 9.17) is 0 Å². The third-order valence-corrected chi connectivity index (χ3v) is 5.62. The molecule has 0 spiro atoms. The molecule has 3 heterocycles. The molecular weight excluding hydrogens is 379 g/mol. The Hall–Kier alpha value is -1.46. The molecule has 2 fully saturated rings. The van der Waals surface area contributed by atoms with Crippen molar-refractivity contribution in [3.8, 4) is 0 Å². The largest absolute Gasteiger partial charge is 0.419 e. The molecule has 3 rings (SSSR count). The van der Waals surface area contributed by atoms with Crippen molar-refractivity contribution in [2.75, 3.05) is 37.7 Å². The normalized spacial score (nSPS) is 32.5. The zero-order chi connectivity index (χ0) is 20.5. The van der Waals surface area contributed by atoms with Gasteiger partial charge in [0.25, 0.3) is 0 Å². The number of hydrogen-bond acceptors (Lipinski definition) is 7. The lowest BCUT2D eigenvalue weighted by Gasteiger charge is -2.45. The third-order valence-electron chi connectivity index (χ3n) is 5.62. The fourth-order valence-corrected chi connectivity index (χ4v) is 4.20. The minimum absolute atomic E-state index is 0.0273. The molecule has 4 N–H and O–H groups in total. The molecule has 1 aromatic rings. The molecule has 2 aliphatic rings. The molecule has 0 radical (unpaired) electrons. The van der Waals surface area contributed by atoms with Crippen molar-refractivity contribution in [3.05, 3.63) is 23.9 Å². The lowest BCUT2D eigenvalue weighted by Crippen LogP contribution is -2.63. The van der Waals surface area contributed by atoms with Gasteiger partial charge in [0.2, 0.25) is 0 Å². The monoisotopic (exact) mass is 405 g/mol. The highest BCUT2D eigenvalue weighted by molar-refractivity contribution is 5.48. The van der Waals surface area contributed by atoms with Gasteiger partial charge in [-0.2, -0.15) is 13.2 Å². The molecule has 0 aromatic carbocycles. The summed E-state index contributed by atoms with van der Waals surface area (Å²) in [6, 6.07) is 1.56. The van der Waals surface area contributed by atoms with Crippen molar-refractivity contribution in [2.45, 2.75) is 43.4 Å². The van der Waals surface area contributed by atoms with Crippen LogP contribution in [0.5, 0.6) is 0 Å². The van der Waals surface area contributed by atoms with Gasteiger partial charge < -0.3 is 25.3 Å². The Morgan fingerprint density at radius 3 is 2.57 bits per heavy atom. The minimum atomic E-state index is -4.49. The molecule has 0 saturated carbocycles. The quantitative estimate of drug-likeness (QED) is 0.563. The van der Waals surface area contributed by atoms with Crippen LogP contribution < -0.4 is 4.90 Å². The van der Waals surface area contributed by atoms with Crippen LogP contribution in [0.1, 0.15) is 18.4 Å². The van der Waals surface area contributed by atoms with Crippen LogP contribution in [0, 0.1) is 5.92 Å². The number of piperidine rings is 2.